The summed E-state index contributed by atoms with van der Waals surface area (Å²) in [4.78, 5) is 4.10. The van der Waals surface area contributed by atoms with Crippen LogP contribution in [0.3, 0.4) is 0 Å². The summed E-state index contributed by atoms with van der Waals surface area (Å²) >= 11 is 0. The van der Waals surface area contributed by atoms with Crippen LogP contribution in [0.4, 0.5) is 0 Å². The molecule has 2 nitrogen and oxygen atoms in total. The Morgan fingerprint density at radius 2 is 2.40 bits per heavy atom. The molecule has 2 atom stereocenters. The Morgan fingerprint density at radius 1 is 1.53 bits per heavy atom. The molecule has 0 amide bonds. The second-order valence-corrected chi connectivity index (χ2v) is 4.13. The Balaban J connectivity index is 0.00000112. The molecule has 0 aliphatic heterocycles. The number of hydrogen-bond acceptors (Lipinski definition) is 2. The monoisotopic (exact) mass is 226 g/mol. The van der Waals surface area contributed by atoms with Gasteiger partial charge in [0.2, 0.25) is 0 Å². The second kappa shape index (κ2) is 6.09. The van der Waals surface area contributed by atoms with Crippen LogP contribution < -0.4 is 5.32 Å². The lowest BCUT2D eigenvalue weighted by Crippen LogP contribution is -2.17. The molecule has 0 aromatic carbocycles. The van der Waals surface area contributed by atoms with Gasteiger partial charge in [0.25, 0.3) is 0 Å². The lowest BCUT2D eigenvalue weighted by atomic mass is 10.2. The van der Waals surface area contributed by atoms with E-state index in [4.69, 9.17) is 0 Å². The minimum Gasteiger partial charge on any atom is -0.310 e. The quantitative estimate of drug-likeness (QED) is 0.835. The molecule has 0 radical (unpaired) electrons. The Kier molecular flexibility index (Phi) is 5.06. The molecule has 2 unspecified atom stereocenters. The van der Waals surface area contributed by atoms with Gasteiger partial charge < -0.3 is 5.32 Å². The number of pyridine rings is 1. The van der Waals surface area contributed by atoms with Gasteiger partial charge in [0.05, 0.1) is 0 Å². The van der Waals surface area contributed by atoms with Crippen molar-refractivity contribution in [3.05, 3.63) is 30.1 Å². The SMILES string of the molecule is CCCC1CC1NCc1cccnc1.Cl. The predicted octanol–water partition coefficient (Wildman–Crippen LogP) is 2.78. The third kappa shape index (κ3) is 3.80. The summed E-state index contributed by atoms with van der Waals surface area (Å²) in [5, 5.41) is 3.57. The van der Waals surface area contributed by atoms with Crippen molar-refractivity contribution < 1.29 is 0 Å². The van der Waals surface area contributed by atoms with Crippen molar-refractivity contribution in [2.24, 2.45) is 5.92 Å². The molecular formula is C12H19ClN2. The van der Waals surface area contributed by atoms with E-state index < -0.39 is 0 Å². The first kappa shape index (κ1) is 12.5. The predicted molar refractivity (Wildman–Crippen MR) is 65.1 cm³/mol. The largest absolute Gasteiger partial charge is 0.310 e. The van der Waals surface area contributed by atoms with Crippen molar-refractivity contribution in [1.29, 1.82) is 0 Å². The van der Waals surface area contributed by atoms with E-state index in [1.165, 1.54) is 24.8 Å². The second-order valence-electron chi connectivity index (χ2n) is 4.13. The Morgan fingerprint density at radius 3 is 3.07 bits per heavy atom. The van der Waals surface area contributed by atoms with Crippen LogP contribution in [0.25, 0.3) is 0 Å². The van der Waals surface area contributed by atoms with E-state index in [9.17, 15) is 0 Å². The molecule has 0 saturated heterocycles. The summed E-state index contributed by atoms with van der Waals surface area (Å²) in [5.74, 6) is 0.941. The summed E-state index contributed by atoms with van der Waals surface area (Å²) in [6.45, 7) is 3.23. The van der Waals surface area contributed by atoms with Crippen LogP contribution in [0, 0.1) is 5.92 Å². The van der Waals surface area contributed by atoms with Gasteiger partial charge in [0.15, 0.2) is 0 Å². The van der Waals surface area contributed by atoms with Crippen LogP contribution in [-0.2, 0) is 6.54 Å². The Hall–Kier alpha value is -0.600. The molecular weight excluding hydrogens is 208 g/mol. The highest BCUT2D eigenvalue weighted by atomic mass is 35.5. The number of hydrogen-bond donors (Lipinski definition) is 1. The van der Waals surface area contributed by atoms with Crippen molar-refractivity contribution in [3.8, 4) is 0 Å². The molecule has 15 heavy (non-hydrogen) atoms. The zero-order valence-electron chi connectivity index (χ0n) is 9.15. The van der Waals surface area contributed by atoms with Crippen molar-refractivity contribution in [2.75, 3.05) is 0 Å². The molecule has 1 saturated carbocycles. The number of nitrogens with one attached hydrogen (secondary N) is 1. The molecule has 1 N–H and O–H groups in total. The summed E-state index contributed by atoms with van der Waals surface area (Å²) in [7, 11) is 0. The van der Waals surface area contributed by atoms with Gasteiger partial charge in [-0.05, 0) is 30.4 Å². The molecule has 1 aromatic heterocycles. The first-order chi connectivity index (χ1) is 6.90. The normalized spacial score (nSPS) is 23.3. The van der Waals surface area contributed by atoms with E-state index in [0.717, 1.165) is 18.5 Å². The fraction of sp³-hybridized carbons (Fsp3) is 0.583. The van der Waals surface area contributed by atoms with Crippen LogP contribution in [0.1, 0.15) is 31.7 Å². The van der Waals surface area contributed by atoms with E-state index in [2.05, 4.69) is 23.3 Å². The van der Waals surface area contributed by atoms with E-state index in [1.54, 1.807) is 0 Å². The molecule has 1 aliphatic carbocycles. The maximum atomic E-state index is 4.10. The maximum absolute atomic E-state index is 4.10. The highest BCUT2D eigenvalue weighted by molar-refractivity contribution is 5.85. The van der Waals surface area contributed by atoms with Gasteiger partial charge >= 0.3 is 0 Å². The highest BCUT2D eigenvalue weighted by Crippen LogP contribution is 2.34. The van der Waals surface area contributed by atoms with Crippen molar-refractivity contribution in [2.45, 2.75) is 38.8 Å². The Bertz CT molecular complexity index is 276. The van der Waals surface area contributed by atoms with Crippen LogP contribution in [0.15, 0.2) is 24.5 Å². The van der Waals surface area contributed by atoms with Gasteiger partial charge in [0.1, 0.15) is 0 Å². The van der Waals surface area contributed by atoms with Crippen LogP contribution in [0.2, 0.25) is 0 Å². The average molecular weight is 227 g/mol. The summed E-state index contributed by atoms with van der Waals surface area (Å²) < 4.78 is 0. The molecule has 0 spiro atoms. The molecule has 3 heteroatoms. The van der Waals surface area contributed by atoms with E-state index >= 15 is 0 Å². The molecule has 1 aromatic rings. The van der Waals surface area contributed by atoms with Gasteiger partial charge in [-0.3, -0.25) is 4.98 Å². The van der Waals surface area contributed by atoms with Gasteiger partial charge in [-0.25, -0.2) is 0 Å². The van der Waals surface area contributed by atoms with E-state index in [0.29, 0.717) is 0 Å². The molecule has 0 bridgehead atoms. The molecule has 84 valence electrons. The van der Waals surface area contributed by atoms with Gasteiger partial charge in [-0.1, -0.05) is 19.4 Å². The molecule has 1 fully saturated rings. The minimum atomic E-state index is 0. The highest BCUT2D eigenvalue weighted by Gasteiger charge is 2.35. The first-order valence-corrected chi connectivity index (χ1v) is 5.52. The number of rotatable bonds is 5. The molecule has 2 rings (SSSR count). The average Bonchev–Trinajstić information content (AvgIpc) is 2.96. The van der Waals surface area contributed by atoms with Crippen molar-refractivity contribution in [3.63, 3.8) is 0 Å². The first-order valence-electron chi connectivity index (χ1n) is 5.52. The van der Waals surface area contributed by atoms with Gasteiger partial charge in [0, 0.05) is 25.0 Å². The number of halogens is 1. The Labute approximate surface area is 97.9 Å². The van der Waals surface area contributed by atoms with Crippen molar-refractivity contribution in [1.82, 2.24) is 10.3 Å². The molecule has 1 heterocycles. The molecule has 1 aliphatic rings. The zero-order chi connectivity index (χ0) is 9.80. The number of aromatic nitrogens is 1. The van der Waals surface area contributed by atoms with Gasteiger partial charge in [-0.15, -0.1) is 12.4 Å². The minimum absolute atomic E-state index is 0. The fourth-order valence-corrected chi connectivity index (χ4v) is 1.94. The summed E-state index contributed by atoms with van der Waals surface area (Å²) in [6.07, 6.45) is 7.82. The van der Waals surface area contributed by atoms with Crippen LogP contribution in [0.5, 0.6) is 0 Å². The standard InChI is InChI=1S/C12H18N2.ClH/c1-2-4-11-7-12(11)14-9-10-5-3-6-13-8-10;/h3,5-6,8,11-12,14H,2,4,7,9H2,1H3;1H. The van der Waals surface area contributed by atoms with E-state index in [-0.39, 0.29) is 12.4 Å². The van der Waals surface area contributed by atoms with Gasteiger partial charge in [-0.2, -0.15) is 0 Å². The van der Waals surface area contributed by atoms with E-state index in [1.807, 2.05) is 18.5 Å². The maximum Gasteiger partial charge on any atom is 0.0312 e. The summed E-state index contributed by atoms with van der Waals surface area (Å²) in [5.41, 5.74) is 1.29. The third-order valence-electron chi connectivity index (χ3n) is 2.87. The topological polar surface area (TPSA) is 24.9 Å². The zero-order valence-corrected chi connectivity index (χ0v) is 9.96. The third-order valence-corrected chi connectivity index (χ3v) is 2.87. The summed E-state index contributed by atoms with van der Waals surface area (Å²) in [6, 6.07) is 4.89. The number of nitrogens with zero attached hydrogens (tertiary/aromatic N) is 1. The fourth-order valence-electron chi connectivity index (χ4n) is 1.94. The van der Waals surface area contributed by atoms with Crippen LogP contribution in [-0.4, -0.2) is 11.0 Å². The van der Waals surface area contributed by atoms with Crippen molar-refractivity contribution >= 4 is 12.4 Å². The smallest absolute Gasteiger partial charge is 0.0312 e. The lowest BCUT2D eigenvalue weighted by Gasteiger charge is -2.02. The van der Waals surface area contributed by atoms with Crippen LogP contribution >= 0.6 is 12.4 Å². The lowest BCUT2D eigenvalue weighted by molar-refractivity contribution is 0.599.